The van der Waals surface area contributed by atoms with E-state index in [-0.39, 0.29) is 6.42 Å². The van der Waals surface area contributed by atoms with E-state index in [4.69, 9.17) is 20.3 Å². The van der Waals surface area contributed by atoms with Gasteiger partial charge in [0.15, 0.2) is 17.7 Å². The standard InChI is InChI=1S/C23H22F2N2O4/c1-3-19(23(28)29)30-21-17(24)11-18(25)22(27-21)31-20-10-16(8-7-13(20)2)15-6-4-5-14(9-15)12-26/h4-11,19H,3,12,26H2,1-2H3,(H,28,29)/t19-/m1/s1. The van der Waals surface area contributed by atoms with E-state index in [0.717, 1.165) is 16.7 Å². The lowest BCUT2D eigenvalue weighted by Gasteiger charge is -2.15. The molecule has 0 aliphatic rings. The number of benzene rings is 2. The highest BCUT2D eigenvalue weighted by atomic mass is 19.1. The van der Waals surface area contributed by atoms with Crippen LogP contribution in [-0.4, -0.2) is 22.2 Å². The Hall–Kier alpha value is -3.52. The summed E-state index contributed by atoms with van der Waals surface area (Å²) >= 11 is 0. The van der Waals surface area contributed by atoms with Gasteiger partial charge < -0.3 is 20.3 Å². The van der Waals surface area contributed by atoms with E-state index < -0.39 is 35.5 Å². The zero-order valence-corrected chi connectivity index (χ0v) is 17.1. The van der Waals surface area contributed by atoms with Gasteiger partial charge >= 0.3 is 5.97 Å². The molecule has 0 amide bonds. The largest absolute Gasteiger partial charge is 0.479 e. The number of pyridine rings is 1. The Morgan fingerprint density at radius 3 is 2.48 bits per heavy atom. The van der Waals surface area contributed by atoms with Gasteiger partial charge in [0.25, 0.3) is 11.8 Å². The fraction of sp³-hybridized carbons (Fsp3) is 0.217. The first-order valence-electron chi connectivity index (χ1n) is 9.65. The Labute approximate surface area is 178 Å². The van der Waals surface area contributed by atoms with Gasteiger partial charge in [-0.25, -0.2) is 13.6 Å². The Bertz CT molecular complexity index is 1100. The molecule has 0 radical (unpaired) electrons. The van der Waals surface area contributed by atoms with E-state index in [1.807, 2.05) is 30.3 Å². The third-order valence-electron chi connectivity index (χ3n) is 4.66. The number of hydrogen-bond donors (Lipinski definition) is 2. The van der Waals surface area contributed by atoms with Gasteiger partial charge in [-0.05, 0) is 47.7 Å². The maximum atomic E-state index is 14.3. The lowest BCUT2D eigenvalue weighted by Crippen LogP contribution is -2.26. The highest BCUT2D eigenvalue weighted by molar-refractivity contribution is 5.72. The summed E-state index contributed by atoms with van der Waals surface area (Å²) in [7, 11) is 0. The number of rotatable bonds is 8. The molecule has 1 aromatic heterocycles. The minimum Gasteiger partial charge on any atom is -0.479 e. The number of nitrogens with two attached hydrogens (primary N) is 1. The summed E-state index contributed by atoms with van der Waals surface area (Å²) in [5.74, 6) is -4.29. The van der Waals surface area contributed by atoms with Crippen molar-refractivity contribution >= 4 is 5.97 Å². The Morgan fingerprint density at radius 2 is 1.81 bits per heavy atom. The number of aliphatic carboxylic acids is 1. The van der Waals surface area contributed by atoms with Crippen LogP contribution in [0, 0.1) is 18.6 Å². The van der Waals surface area contributed by atoms with Crippen molar-refractivity contribution in [2.24, 2.45) is 5.73 Å². The van der Waals surface area contributed by atoms with Crippen molar-refractivity contribution in [1.29, 1.82) is 0 Å². The molecular weight excluding hydrogens is 406 g/mol. The average molecular weight is 428 g/mol. The SMILES string of the molecule is CC[C@@H](Oc1nc(Oc2cc(-c3cccc(CN)c3)ccc2C)c(F)cc1F)C(=O)O. The average Bonchev–Trinajstić information content (AvgIpc) is 2.75. The topological polar surface area (TPSA) is 94.7 Å². The summed E-state index contributed by atoms with van der Waals surface area (Å²) in [4.78, 5) is 14.9. The lowest BCUT2D eigenvalue weighted by atomic mass is 10.0. The third-order valence-corrected chi connectivity index (χ3v) is 4.66. The number of carbonyl (C=O) groups is 1. The maximum Gasteiger partial charge on any atom is 0.344 e. The van der Waals surface area contributed by atoms with E-state index in [9.17, 15) is 13.6 Å². The molecule has 0 unspecified atom stereocenters. The van der Waals surface area contributed by atoms with Gasteiger partial charge in [-0.3, -0.25) is 0 Å². The molecule has 1 atom stereocenters. The quantitative estimate of drug-likeness (QED) is 0.534. The highest BCUT2D eigenvalue weighted by Gasteiger charge is 2.22. The summed E-state index contributed by atoms with van der Waals surface area (Å²) in [5, 5.41) is 9.11. The summed E-state index contributed by atoms with van der Waals surface area (Å²) in [6.07, 6.45) is -1.24. The van der Waals surface area contributed by atoms with E-state index in [1.54, 1.807) is 26.0 Å². The normalized spacial score (nSPS) is 11.8. The summed E-state index contributed by atoms with van der Waals surface area (Å²) in [5.41, 5.74) is 9.07. The van der Waals surface area contributed by atoms with Crippen LogP contribution in [0.4, 0.5) is 8.78 Å². The Balaban J connectivity index is 1.94. The van der Waals surface area contributed by atoms with Gasteiger partial charge in [0, 0.05) is 12.6 Å². The van der Waals surface area contributed by atoms with Crippen molar-refractivity contribution < 1.29 is 28.2 Å². The van der Waals surface area contributed by atoms with Crippen LogP contribution in [0.25, 0.3) is 11.1 Å². The first-order valence-corrected chi connectivity index (χ1v) is 9.65. The fourth-order valence-electron chi connectivity index (χ4n) is 2.90. The van der Waals surface area contributed by atoms with Crippen LogP contribution >= 0.6 is 0 Å². The first-order chi connectivity index (χ1) is 14.8. The molecule has 0 fully saturated rings. The number of ether oxygens (including phenoxy) is 2. The number of aryl methyl sites for hydroxylation is 1. The molecule has 2 aromatic carbocycles. The monoisotopic (exact) mass is 428 g/mol. The van der Waals surface area contributed by atoms with E-state index >= 15 is 0 Å². The van der Waals surface area contributed by atoms with Crippen molar-refractivity contribution in [3.63, 3.8) is 0 Å². The number of carboxylic acids is 1. The smallest absolute Gasteiger partial charge is 0.344 e. The van der Waals surface area contributed by atoms with Gasteiger partial charge in [-0.15, -0.1) is 0 Å². The summed E-state index contributed by atoms with van der Waals surface area (Å²) in [6.45, 7) is 3.73. The number of hydrogen-bond acceptors (Lipinski definition) is 5. The molecule has 0 saturated carbocycles. The molecule has 0 saturated heterocycles. The molecule has 0 aliphatic heterocycles. The van der Waals surface area contributed by atoms with E-state index in [2.05, 4.69) is 4.98 Å². The molecular formula is C23H22F2N2O4. The minimum absolute atomic E-state index is 0.0764. The molecule has 3 aromatic rings. The first kappa shape index (κ1) is 22.2. The lowest BCUT2D eigenvalue weighted by molar-refractivity contribution is -0.145. The van der Waals surface area contributed by atoms with Crippen molar-refractivity contribution in [1.82, 2.24) is 4.98 Å². The van der Waals surface area contributed by atoms with Gasteiger partial charge in [0.05, 0.1) is 0 Å². The van der Waals surface area contributed by atoms with Crippen molar-refractivity contribution in [2.75, 3.05) is 0 Å². The predicted molar refractivity (Wildman–Crippen MR) is 111 cm³/mol. The van der Waals surface area contributed by atoms with Gasteiger partial charge in [-0.1, -0.05) is 37.3 Å². The molecule has 31 heavy (non-hydrogen) atoms. The Morgan fingerprint density at radius 1 is 1.10 bits per heavy atom. The molecule has 0 aliphatic carbocycles. The fourth-order valence-corrected chi connectivity index (χ4v) is 2.90. The number of aromatic nitrogens is 1. The second-order valence-corrected chi connectivity index (χ2v) is 6.90. The number of nitrogens with zero attached hydrogens (tertiary/aromatic N) is 1. The number of halogens is 2. The summed E-state index contributed by atoms with van der Waals surface area (Å²) < 4.78 is 39.1. The second kappa shape index (κ2) is 9.53. The molecule has 3 N–H and O–H groups in total. The van der Waals surface area contributed by atoms with Crippen LogP contribution in [-0.2, 0) is 11.3 Å². The molecule has 0 spiro atoms. The van der Waals surface area contributed by atoms with Crippen LogP contribution in [0.1, 0.15) is 24.5 Å². The third kappa shape index (κ3) is 5.16. The van der Waals surface area contributed by atoms with Gasteiger partial charge in [0.1, 0.15) is 5.75 Å². The van der Waals surface area contributed by atoms with Crippen LogP contribution in [0.3, 0.4) is 0 Å². The van der Waals surface area contributed by atoms with Crippen molar-refractivity contribution in [3.8, 4) is 28.6 Å². The van der Waals surface area contributed by atoms with Gasteiger partial charge in [-0.2, -0.15) is 4.98 Å². The molecule has 1 heterocycles. The zero-order chi connectivity index (χ0) is 22.5. The van der Waals surface area contributed by atoms with E-state index in [0.29, 0.717) is 23.9 Å². The Kier molecular flexibility index (Phi) is 6.81. The predicted octanol–water partition coefficient (Wildman–Crippen LogP) is 4.83. The van der Waals surface area contributed by atoms with Crippen LogP contribution in [0.2, 0.25) is 0 Å². The van der Waals surface area contributed by atoms with Crippen LogP contribution in [0.15, 0.2) is 48.5 Å². The second-order valence-electron chi connectivity index (χ2n) is 6.90. The minimum atomic E-state index is -1.32. The van der Waals surface area contributed by atoms with E-state index in [1.165, 1.54) is 0 Å². The molecule has 8 heteroatoms. The summed E-state index contributed by atoms with van der Waals surface area (Å²) in [6, 6.07) is 13.6. The maximum absolute atomic E-state index is 14.3. The molecule has 162 valence electrons. The zero-order valence-electron chi connectivity index (χ0n) is 17.1. The van der Waals surface area contributed by atoms with Gasteiger partial charge in [0.2, 0.25) is 0 Å². The number of carboxylic acid groups (broad SMARTS) is 1. The van der Waals surface area contributed by atoms with Crippen molar-refractivity contribution in [2.45, 2.75) is 32.9 Å². The van der Waals surface area contributed by atoms with Crippen LogP contribution < -0.4 is 15.2 Å². The highest BCUT2D eigenvalue weighted by Crippen LogP contribution is 2.33. The molecule has 3 rings (SSSR count). The molecule has 6 nitrogen and oxygen atoms in total. The molecule has 0 bridgehead atoms. The van der Waals surface area contributed by atoms with Crippen molar-refractivity contribution in [3.05, 3.63) is 71.3 Å². The van der Waals surface area contributed by atoms with Crippen LogP contribution in [0.5, 0.6) is 17.5 Å².